The number of carbonyl (C=O) groups is 4. The highest BCUT2D eigenvalue weighted by molar-refractivity contribution is 7.17. The van der Waals surface area contributed by atoms with Gasteiger partial charge in [-0.1, -0.05) is 6.07 Å². The van der Waals surface area contributed by atoms with Crippen LogP contribution in [0.3, 0.4) is 0 Å². The van der Waals surface area contributed by atoms with Crippen molar-refractivity contribution in [3.63, 3.8) is 0 Å². The highest BCUT2D eigenvalue weighted by Gasteiger charge is 2.34. The second kappa shape index (κ2) is 7.43. The summed E-state index contributed by atoms with van der Waals surface area (Å²) in [6.45, 7) is 0.896. The van der Waals surface area contributed by atoms with Gasteiger partial charge in [0.15, 0.2) is 0 Å². The molecule has 2 amide bonds. The van der Waals surface area contributed by atoms with Crippen LogP contribution in [0.2, 0.25) is 0 Å². The number of carbonyl (C=O) groups excluding carboxylic acids is 2. The van der Waals surface area contributed by atoms with Crippen LogP contribution in [0, 0.1) is 0 Å². The average molecular weight is 431 g/mol. The van der Waals surface area contributed by atoms with Crippen molar-refractivity contribution in [1.82, 2.24) is 10.2 Å². The number of rotatable bonds is 4. The molecule has 1 aromatic heterocycles. The van der Waals surface area contributed by atoms with Crippen molar-refractivity contribution in [2.24, 2.45) is 0 Å². The molecule has 1 atom stereocenters. The van der Waals surface area contributed by atoms with E-state index in [2.05, 4.69) is 10.6 Å². The molecule has 1 aromatic carbocycles. The van der Waals surface area contributed by atoms with Crippen molar-refractivity contribution < 1.29 is 34.5 Å². The molecular formula is C19H17N3O7S. The van der Waals surface area contributed by atoms with E-state index >= 15 is 0 Å². The SMILES string of the molecule is O=C(O)C(=O)Nc1sc2c(c1C(=O)O)C[C@@H](CN1Cc3c(O)cccc3C1=O)NC2. The smallest absolute Gasteiger partial charge is 0.394 e. The second-order valence-electron chi connectivity index (χ2n) is 7.04. The molecule has 3 heterocycles. The lowest BCUT2D eigenvalue weighted by Gasteiger charge is -2.28. The summed E-state index contributed by atoms with van der Waals surface area (Å²) in [5.41, 5.74) is 1.42. The summed E-state index contributed by atoms with van der Waals surface area (Å²) < 4.78 is 0. The van der Waals surface area contributed by atoms with Crippen molar-refractivity contribution in [2.45, 2.75) is 25.6 Å². The quantitative estimate of drug-likeness (QED) is 0.446. The first kappa shape index (κ1) is 19.9. The monoisotopic (exact) mass is 431 g/mol. The molecule has 5 N–H and O–H groups in total. The van der Waals surface area contributed by atoms with Crippen molar-refractivity contribution in [1.29, 1.82) is 0 Å². The lowest BCUT2D eigenvalue weighted by atomic mass is 9.97. The molecule has 0 aliphatic carbocycles. The number of carboxylic acid groups (broad SMARTS) is 2. The molecule has 11 heteroatoms. The first-order valence-corrected chi connectivity index (χ1v) is 9.83. The Hall–Kier alpha value is -3.44. The minimum absolute atomic E-state index is 0.0167. The van der Waals surface area contributed by atoms with Gasteiger partial charge in [-0.25, -0.2) is 9.59 Å². The molecule has 0 saturated heterocycles. The van der Waals surface area contributed by atoms with Gasteiger partial charge in [0.05, 0.1) is 12.1 Å². The van der Waals surface area contributed by atoms with E-state index in [1.54, 1.807) is 17.0 Å². The van der Waals surface area contributed by atoms with Crippen molar-refractivity contribution in [2.75, 3.05) is 11.9 Å². The second-order valence-corrected chi connectivity index (χ2v) is 8.15. The molecule has 0 radical (unpaired) electrons. The fraction of sp³-hybridized carbons (Fsp3) is 0.263. The zero-order valence-corrected chi connectivity index (χ0v) is 16.3. The number of benzene rings is 1. The average Bonchev–Trinajstić information content (AvgIpc) is 3.20. The van der Waals surface area contributed by atoms with Gasteiger partial charge in [0.25, 0.3) is 5.91 Å². The van der Waals surface area contributed by atoms with Crippen LogP contribution in [-0.2, 0) is 29.1 Å². The van der Waals surface area contributed by atoms with Crippen LogP contribution in [-0.4, -0.2) is 56.6 Å². The van der Waals surface area contributed by atoms with E-state index in [1.165, 1.54) is 6.07 Å². The number of amides is 2. The van der Waals surface area contributed by atoms with Gasteiger partial charge in [0, 0.05) is 35.1 Å². The number of nitrogens with zero attached hydrogens (tertiary/aromatic N) is 1. The number of aliphatic carboxylic acids is 1. The minimum Gasteiger partial charge on any atom is -0.508 e. The van der Waals surface area contributed by atoms with E-state index in [9.17, 15) is 29.4 Å². The van der Waals surface area contributed by atoms with Crippen LogP contribution in [0.4, 0.5) is 5.00 Å². The predicted molar refractivity (Wildman–Crippen MR) is 105 cm³/mol. The van der Waals surface area contributed by atoms with Gasteiger partial charge >= 0.3 is 17.8 Å². The Morgan fingerprint density at radius 2 is 2.00 bits per heavy atom. The third-order valence-corrected chi connectivity index (χ3v) is 6.33. The number of aromatic carboxylic acids is 1. The summed E-state index contributed by atoms with van der Waals surface area (Å²) in [5, 5.41) is 33.7. The van der Waals surface area contributed by atoms with Gasteiger partial charge in [-0.05, 0) is 24.1 Å². The predicted octanol–water partition coefficient (Wildman–Crippen LogP) is 0.845. The molecular weight excluding hydrogens is 414 g/mol. The Labute approximate surface area is 173 Å². The third-order valence-electron chi connectivity index (χ3n) is 5.19. The molecule has 0 bridgehead atoms. The van der Waals surface area contributed by atoms with Gasteiger partial charge in [-0.2, -0.15) is 0 Å². The molecule has 0 spiro atoms. The number of hydrogen-bond donors (Lipinski definition) is 5. The van der Waals surface area contributed by atoms with Crippen LogP contribution in [0.1, 0.15) is 36.7 Å². The first-order valence-electron chi connectivity index (χ1n) is 9.02. The summed E-state index contributed by atoms with van der Waals surface area (Å²) in [4.78, 5) is 49.0. The van der Waals surface area contributed by atoms with Gasteiger partial charge in [0.1, 0.15) is 10.8 Å². The fourth-order valence-corrected chi connectivity index (χ4v) is 4.98. The summed E-state index contributed by atoms with van der Waals surface area (Å²) in [6, 6.07) is 4.55. The molecule has 156 valence electrons. The number of anilines is 1. The lowest BCUT2D eigenvalue weighted by molar-refractivity contribution is -0.147. The van der Waals surface area contributed by atoms with Crippen LogP contribution in [0.15, 0.2) is 18.2 Å². The molecule has 2 aromatic rings. The molecule has 4 rings (SSSR count). The van der Waals surface area contributed by atoms with Gasteiger partial charge in [-0.3, -0.25) is 9.59 Å². The van der Waals surface area contributed by atoms with E-state index in [0.717, 1.165) is 11.3 Å². The Bertz CT molecular complexity index is 1090. The van der Waals surface area contributed by atoms with E-state index in [-0.39, 0.29) is 34.8 Å². The molecule has 30 heavy (non-hydrogen) atoms. The van der Waals surface area contributed by atoms with E-state index in [0.29, 0.717) is 41.1 Å². The van der Waals surface area contributed by atoms with E-state index in [4.69, 9.17) is 5.11 Å². The molecule has 2 aliphatic heterocycles. The number of phenolic OH excluding ortho intramolecular Hbond substituents is 1. The number of phenols is 1. The Balaban J connectivity index is 1.54. The largest absolute Gasteiger partial charge is 0.508 e. The van der Waals surface area contributed by atoms with Gasteiger partial charge in [-0.15, -0.1) is 11.3 Å². The number of thiophene rings is 1. The number of fused-ring (bicyclic) bond motifs is 2. The highest BCUT2D eigenvalue weighted by atomic mass is 32.1. The zero-order valence-electron chi connectivity index (χ0n) is 15.5. The van der Waals surface area contributed by atoms with E-state index < -0.39 is 17.8 Å². The van der Waals surface area contributed by atoms with Crippen LogP contribution in [0.25, 0.3) is 0 Å². The van der Waals surface area contributed by atoms with Crippen LogP contribution < -0.4 is 10.6 Å². The third kappa shape index (κ3) is 3.37. The van der Waals surface area contributed by atoms with Gasteiger partial charge in [0.2, 0.25) is 0 Å². The maximum atomic E-state index is 12.6. The number of aromatic hydroxyl groups is 1. The van der Waals surface area contributed by atoms with Crippen molar-refractivity contribution >= 4 is 40.1 Å². The topological polar surface area (TPSA) is 156 Å². The van der Waals surface area contributed by atoms with Crippen LogP contribution >= 0.6 is 11.3 Å². The summed E-state index contributed by atoms with van der Waals surface area (Å²) in [7, 11) is 0. The van der Waals surface area contributed by atoms with Crippen molar-refractivity contribution in [3.8, 4) is 5.75 Å². The molecule has 2 aliphatic rings. The van der Waals surface area contributed by atoms with Crippen molar-refractivity contribution in [3.05, 3.63) is 45.3 Å². The maximum absolute atomic E-state index is 12.6. The standard InChI is InChI=1S/C19H17N3O7S/c23-12-3-1-2-9-11(12)7-22(17(9)25)6-8-4-10-13(5-20-8)30-16(14(10)18(26)27)21-15(24)19(28)29/h1-3,8,20,23H,4-7H2,(H,21,24)(H,26,27)(H,28,29)/t8-/m0/s1. The Morgan fingerprint density at radius 3 is 2.67 bits per heavy atom. The Kier molecular flexibility index (Phi) is 4.92. The summed E-state index contributed by atoms with van der Waals surface area (Å²) >= 11 is 1.02. The summed E-state index contributed by atoms with van der Waals surface area (Å²) in [5.74, 6) is -4.41. The number of carboxylic acids is 2. The first-order chi connectivity index (χ1) is 14.3. The van der Waals surface area contributed by atoms with E-state index in [1.807, 2.05) is 0 Å². The maximum Gasteiger partial charge on any atom is 0.394 e. The number of nitrogens with one attached hydrogen (secondary N) is 2. The number of hydrogen-bond acceptors (Lipinski definition) is 7. The summed E-state index contributed by atoms with van der Waals surface area (Å²) in [6.07, 6.45) is 0.294. The van der Waals surface area contributed by atoms with Crippen LogP contribution in [0.5, 0.6) is 5.75 Å². The molecule has 10 nitrogen and oxygen atoms in total. The minimum atomic E-state index is -1.70. The molecule has 0 unspecified atom stereocenters. The Morgan fingerprint density at radius 1 is 1.23 bits per heavy atom. The highest BCUT2D eigenvalue weighted by Crippen LogP contribution is 2.37. The normalized spacial score (nSPS) is 17.4. The molecule has 0 fully saturated rings. The fourth-order valence-electron chi connectivity index (χ4n) is 3.81. The van der Waals surface area contributed by atoms with Gasteiger partial charge < -0.3 is 30.9 Å². The molecule has 0 saturated carbocycles. The zero-order chi connectivity index (χ0) is 21.6. The lowest BCUT2D eigenvalue weighted by Crippen LogP contribution is -2.44.